The van der Waals surface area contributed by atoms with Crippen LogP contribution in [-0.4, -0.2) is 13.1 Å². The Balaban J connectivity index is 2.70. The van der Waals surface area contributed by atoms with Gasteiger partial charge >= 0.3 is 0 Å². The van der Waals surface area contributed by atoms with Crippen LogP contribution in [0.3, 0.4) is 0 Å². The number of halogens is 1. The van der Waals surface area contributed by atoms with Gasteiger partial charge in [-0.3, -0.25) is 0 Å². The lowest BCUT2D eigenvalue weighted by Gasteiger charge is -2.22. The molecule has 0 saturated carbocycles. The Hall–Kier alpha value is -0.530. The van der Waals surface area contributed by atoms with E-state index >= 15 is 0 Å². The standard InChI is InChI=1S/C16H26ClN/c1-4-7-13(3)10-15(12-18-5-2)14-8-6-9-16(17)11-14/h6,8-9,11,13,15,18H,4-5,7,10,12H2,1-3H3. The van der Waals surface area contributed by atoms with Crippen molar-refractivity contribution >= 4 is 11.6 Å². The summed E-state index contributed by atoms with van der Waals surface area (Å²) in [7, 11) is 0. The summed E-state index contributed by atoms with van der Waals surface area (Å²) in [4.78, 5) is 0. The van der Waals surface area contributed by atoms with Gasteiger partial charge in [0.1, 0.15) is 0 Å². The zero-order valence-electron chi connectivity index (χ0n) is 11.9. The van der Waals surface area contributed by atoms with E-state index in [9.17, 15) is 0 Å². The first-order valence-electron chi connectivity index (χ1n) is 7.13. The van der Waals surface area contributed by atoms with Gasteiger partial charge in [-0.15, -0.1) is 0 Å². The smallest absolute Gasteiger partial charge is 0.0408 e. The molecule has 1 nitrogen and oxygen atoms in total. The summed E-state index contributed by atoms with van der Waals surface area (Å²) in [5.41, 5.74) is 1.37. The summed E-state index contributed by atoms with van der Waals surface area (Å²) < 4.78 is 0. The Kier molecular flexibility index (Phi) is 7.38. The summed E-state index contributed by atoms with van der Waals surface area (Å²) in [6, 6.07) is 8.32. The zero-order valence-corrected chi connectivity index (χ0v) is 12.6. The molecule has 1 rings (SSSR count). The molecule has 0 bridgehead atoms. The maximum Gasteiger partial charge on any atom is 0.0408 e. The summed E-state index contributed by atoms with van der Waals surface area (Å²) in [6.07, 6.45) is 3.81. The highest BCUT2D eigenvalue weighted by atomic mass is 35.5. The van der Waals surface area contributed by atoms with E-state index in [1.165, 1.54) is 24.8 Å². The summed E-state index contributed by atoms with van der Waals surface area (Å²) >= 11 is 6.10. The first-order chi connectivity index (χ1) is 8.67. The Labute approximate surface area is 117 Å². The van der Waals surface area contributed by atoms with E-state index in [1.807, 2.05) is 6.07 Å². The molecule has 0 fully saturated rings. The van der Waals surface area contributed by atoms with Gasteiger partial charge in [0.05, 0.1) is 0 Å². The van der Waals surface area contributed by atoms with E-state index in [0.29, 0.717) is 5.92 Å². The third-order valence-corrected chi connectivity index (χ3v) is 3.66. The Morgan fingerprint density at radius 3 is 2.67 bits per heavy atom. The van der Waals surface area contributed by atoms with Crippen molar-refractivity contribution in [1.29, 1.82) is 0 Å². The maximum absolute atomic E-state index is 6.10. The van der Waals surface area contributed by atoms with Crippen molar-refractivity contribution in [1.82, 2.24) is 5.32 Å². The van der Waals surface area contributed by atoms with Gasteiger partial charge in [0.25, 0.3) is 0 Å². The molecular formula is C16H26ClN. The molecule has 0 aliphatic heterocycles. The number of hydrogen-bond acceptors (Lipinski definition) is 1. The van der Waals surface area contributed by atoms with Crippen LogP contribution < -0.4 is 5.32 Å². The average Bonchev–Trinajstić information content (AvgIpc) is 2.34. The molecule has 18 heavy (non-hydrogen) atoms. The average molecular weight is 268 g/mol. The maximum atomic E-state index is 6.10. The molecule has 0 aliphatic rings. The van der Waals surface area contributed by atoms with Crippen LogP contribution in [0.5, 0.6) is 0 Å². The van der Waals surface area contributed by atoms with Gasteiger partial charge in [-0.05, 0) is 42.5 Å². The van der Waals surface area contributed by atoms with Crippen LogP contribution >= 0.6 is 11.6 Å². The molecule has 0 radical (unpaired) electrons. The van der Waals surface area contributed by atoms with Gasteiger partial charge in [-0.25, -0.2) is 0 Å². The zero-order chi connectivity index (χ0) is 13.4. The summed E-state index contributed by atoms with van der Waals surface area (Å²) in [6.45, 7) is 8.84. The van der Waals surface area contributed by atoms with Crippen LogP contribution in [0, 0.1) is 5.92 Å². The molecule has 1 aromatic rings. The predicted octanol–water partition coefficient (Wildman–Crippen LogP) is 4.86. The fraction of sp³-hybridized carbons (Fsp3) is 0.625. The summed E-state index contributed by atoms with van der Waals surface area (Å²) in [5, 5.41) is 4.32. The van der Waals surface area contributed by atoms with Crippen LogP contribution in [0.1, 0.15) is 51.5 Å². The van der Waals surface area contributed by atoms with Gasteiger partial charge in [0, 0.05) is 11.6 Å². The first kappa shape index (κ1) is 15.5. The molecule has 2 heteroatoms. The van der Waals surface area contributed by atoms with Crippen LogP contribution in [0.4, 0.5) is 0 Å². The van der Waals surface area contributed by atoms with Crippen molar-refractivity contribution in [2.24, 2.45) is 5.92 Å². The minimum atomic E-state index is 0.574. The fourth-order valence-corrected chi connectivity index (χ4v) is 2.71. The molecule has 1 aromatic carbocycles. The van der Waals surface area contributed by atoms with Crippen LogP contribution in [0.2, 0.25) is 5.02 Å². The van der Waals surface area contributed by atoms with E-state index in [1.54, 1.807) is 0 Å². The second-order valence-corrected chi connectivity index (χ2v) is 5.63. The van der Waals surface area contributed by atoms with Crippen LogP contribution in [0.25, 0.3) is 0 Å². The molecule has 0 amide bonds. The highest BCUT2D eigenvalue weighted by Gasteiger charge is 2.15. The van der Waals surface area contributed by atoms with Crippen molar-refractivity contribution in [3.8, 4) is 0 Å². The van der Waals surface area contributed by atoms with Crippen LogP contribution in [0.15, 0.2) is 24.3 Å². The number of nitrogens with one attached hydrogen (secondary N) is 1. The topological polar surface area (TPSA) is 12.0 Å². The lowest BCUT2D eigenvalue weighted by Crippen LogP contribution is -2.22. The van der Waals surface area contributed by atoms with Crippen LogP contribution in [-0.2, 0) is 0 Å². The van der Waals surface area contributed by atoms with Gasteiger partial charge in [-0.2, -0.15) is 0 Å². The molecule has 102 valence electrons. The molecule has 2 atom stereocenters. The third-order valence-electron chi connectivity index (χ3n) is 3.43. The predicted molar refractivity (Wildman–Crippen MR) is 81.4 cm³/mol. The quantitative estimate of drug-likeness (QED) is 0.709. The Bertz CT molecular complexity index is 338. The molecule has 0 aliphatic carbocycles. The second-order valence-electron chi connectivity index (χ2n) is 5.19. The molecule has 0 spiro atoms. The lowest BCUT2D eigenvalue weighted by molar-refractivity contribution is 0.422. The number of rotatable bonds is 8. The van der Waals surface area contributed by atoms with Gasteiger partial charge in [-0.1, -0.05) is 57.3 Å². The number of hydrogen-bond donors (Lipinski definition) is 1. The van der Waals surface area contributed by atoms with Gasteiger partial charge in [0.15, 0.2) is 0 Å². The van der Waals surface area contributed by atoms with Crippen molar-refractivity contribution in [3.05, 3.63) is 34.9 Å². The fourth-order valence-electron chi connectivity index (χ4n) is 2.51. The third kappa shape index (κ3) is 5.41. The highest BCUT2D eigenvalue weighted by molar-refractivity contribution is 6.30. The van der Waals surface area contributed by atoms with E-state index in [2.05, 4.69) is 44.3 Å². The van der Waals surface area contributed by atoms with E-state index in [0.717, 1.165) is 24.0 Å². The second kappa shape index (κ2) is 8.55. The number of benzene rings is 1. The molecule has 0 heterocycles. The Morgan fingerprint density at radius 2 is 2.06 bits per heavy atom. The molecule has 0 aromatic heterocycles. The Morgan fingerprint density at radius 1 is 1.28 bits per heavy atom. The minimum Gasteiger partial charge on any atom is -0.316 e. The largest absolute Gasteiger partial charge is 0.316 e. The molecule has 0 saturated heterocycles. The lowest BCUT2D eigenvalue weighted by atomic mass is 9.87. The van der Waals surface area contributed by atoms with Crippen molar-refractivity contribution in [2.75, 3.05) is 13.1 Å². The first-order valence-corrected chi connectivity index (χ1v) is 7.51. The van der Waals surface area contributed by atoms with Crippen molar-refractivity contribution in [2.45, 2.75) is 46.0 Å². The minimum absolute atomic E-state index is 0.574. The van der Waals surface area contributed by atoms with E-state index < -0.39 is 0 Å². The van der Waals surface area contributed by atoms with Gasteiger partial charge in [0.2, 0.25) is 0 Å². The molecule has 2 unspecified atom stereocenters. The van der Waals surface area contributed by atoms with Crippen molar-refractivity contribution in [3.63, 3.8) is 0 Å². The van der Waals surface area contributed by atoms with E-state index in [-0.39, 0.29) is 0 Å². The van der Waals surface area contributed by atoms with E-state index in [4.69, 9.17) is 11.6 Å². The van der Waals surface area contributed by atoms with Crippen molar-refractivity contribution < 1.29 is 0 Å². The summed E-state index contributed by atoms with van der Waals surface area (Å²) in [5.74, 6) is 1.35. The molecular weight excluding hydrogens is 242 g/mol. The normalized spacial score (nSPS) is 14.4. The number of likely N-dealkylation sites (N-methyl/N-ethyl adjacent to an activating group) is 1. The van der Waals surface area contributed by atoms with Gasteiger partial charge < -0.3 is 5.32 Å². The SMILES string of the molecule is CCCC(C)CC(CNCC)c1cccc(Cl)c1. The molecule has 1 N–H and O–H groups in total. The monoisotopic (exact) mass is 267 g/mol. The highest BCUT2D eigenvalue weighted by Crippen LogP contribution is 2.27.